The summed E-state index contributed by atoms with van der Waals surface area (Å²) in [6, 6.07) is 7.96. The van der Waals surface area contributed by atoms with Crippen LogP contribution in [0.2, 0.25) is 5.02 Å². The summed E-state index contributed by atoms with van der Waals surface area (Å²) in [5.41, 5.74) is 1.14. The summed E-state index contributed by atoms with van der Waals surface area (Å²) in [6.07, 6.45) is 0.377. The van der Waals surface area contributed by atoms with Crippen LogP contribution in [0.3, 0.4) is 0 Å². The molecule has 6 heteroatoms. The Kier molecular flexibility index (Phi) is 3.71. The summed E-state index contributed by atoms with van der Waals surface area (Å²) >= 11 is 5.91. The highest BCUT2D eigenvalue weighted by Crippen LogP contribution is 2.27. The van der Waals surface area contributed by atoms with Crippen molar-refractivity contribution in [2.75, 3.05) is 0 Å². The molecular formula is C13H14ClNO3S. The molecule has 4 nitrogen and oxygen atoms in total. The van der Waals surface area contributed by atoms with Gasteiger partial charge in [-0.1, -0.05) is 29.3 Å². The van der Waals surface area contributed by atoms with E-state index in [9.17, 15) is 13.5 Å². The van der Waals surface area contributed by atoms with Crippen molar-refractivity contribution in [2.45, 2.75) is 24.8 Å². The molecule has 102 valence electrons. The van der Waals surface area contributed by atoms with E-state index in [4.69, 9.17) is 11.6 Å². The van der Waals surface area contributed by atoms with E-state index < -0.39 is 16.1 Å². The lowest BCUT2D eigenvalue weighted by Gasteiger charge is -2.13. The Hall–Kier alpha value is -1.30. The van der Waals surface area contributed by atoms with Crippen LogP contribution in [0.15, 0.2) is 41.4 Å². The summed E-state index contributed by atoms with van der Waals surface area (Å²) in [7, 11) is -3.74. The maximum Gasteiger partial charge on any atom is 0.267 e. The number of hydrogen-bond acceptors (Lipinski definition) is 3. The van der Waals surface area contributed by atoms with Crippen molar-refractivity contribution in [2.24, 2.45) is 0 Å². The van der Waals surface area contributed by atoms with E-state index in [0.29, 0.717) is 0 Å². The molecule has 19 heavy (non-hydrogen) atoms. The normalized spacial score (nSPS) is 13.5. The molecule has 0 radical (unpaired) electrons. The van der Waals surface area contributed by atoms with Crippen molar-refractivity contribution in [1.82, 2.24) is 3.97 Å². The van der Waals surface area contributed by atoms with Crippen molar-refractivity contribution >= 4 is 21.6 Å². The smallest absolute Gasteiger partial charge is 0.267 e. The highest BCUT2D eigenvalue weighted by Gasteiger charge is 2.23. The topological polar surface area (TPSA) is 59.3 Å². The van der Waals surface area contributed by atoms with Gasteiger partial charge in [0.25, 0.3) is 10.0 Å². The summed E-state index contributed by atoms with van der Waals surface area (Å²) in [5.74, 6) is 0. The zero-order valence-corrected chi connectivity index (χ0v) is 12.1. The Morgan fingerprint density at radius 3 is 2.32 bits per heavy atom. The quantitative estimate of drug-likeness (QED) is 0.948. The van der Waals surface area contributed by atoms with E-state index in [2.05, 4.69) is 0 Å². The van der Waals surface area contributed by atoms with E-state index in [0.717, 1.165) is 9.54 Å². The fraction of sp³-hybridized carbons (Fsp3) is 0.231. The first-order valence-electron chi connectivity index (χ1n) is 5.71. The molecule has 2 aromatic rings. The predicted octanol–water partition coefficient (Wildman–Crippen LogP) is 2.74. The molecule has 0 aliphatic heterocycles. The zero-order valence-electron chi connectivity index (χ0n) is 10.5. The summed E-state index contributed by atoms with van der Waals surface area (Å²) in [4.78, 5) is 0.160. The van der Waals surface area contributed by atoms with Gasteiger partial charge in [-0.15, -0.1) is 0 Å². The largest absolute Gasteiger partial charge is 0.387 e. The van der Waals surface area contributed by atoms with Crippen molar-refractivity contribution < 1.29 is 13.5 Å². The van der Waals surface area contributed by atoms with Crippen molar-refractivity contribution in [1.29, 1.82) is 0 Å². The lowest BCUT2D eigenvalue weighted by Crippen LogP contribution is -2.16. The Balaban J connectivity index is 2.60. The third-order valence-electron chi connectivity index (χ3n) is 2.81. The van der Waals surface area contributed by atoms with Gasteiger partial charge >= 0.3 is 0 Å². The number of halogens is 1. The van der Waals surface area contributed by atoms with E-state index in [1.54, 1.807) is 12.1 Å². The van der Waals surface area contributed by atoms with Crippen LogP contribution >= 0.6 is 11.6 Å². The molecule has 0 amide bonds. The number of hydrogen-bond donors (Lipinski definition) is 1. The standard InChI is InChI=1S/C13H14ClNO3S/c1-9-3-5-11(6-4-9)19(17,18)15-8-7-12(14)13(15)10(2)16/h3-8,10,16H,1-2H3. The van der Waals surface area contributed by atoms with Crippen LogP contribution in [0.25, 0.3) is 0 Å². The molecule has 0 aliphatic rings. The Morgan fingerprint density at radius 2 is 1.79 bits per heavy atom. The van der Waals surface area contributed by atoms with Gasteiger partial charge in [-0.25, -0.2) is 12.4 Å². The summed E-state index contributed by atoms with van der Waals surface area (Å²) in [5, 5.41) is 9.89. The Morgan fingerprint density at radius 1 is 1.21 bits per heavy atom. The van der Waals surface area contributed by atoms with Gasteiger partial charge in [-0.2, -0.15) is 0 Å². The first kappa shape index (κ1) is 14.1. The first-order chi connectivity index (χ1) is 8.84. The molecule has 0 fully saturated rings. The van der Waals surface area contributed by atoms with Gasteiger partial charge in [-0.05, 0) is 32.0 Å². The maximum atomic E-state index is 12.5. The number of aliphatic hydroxyl groups excluding tert-OH is 1. The zero-order chi connectivity index (χ0) is 14.2. The van der Waals surface area contributed by atoms with Crippen LogP contribution in [0.4, 0.5) is 0 Å². The van der Waals surface area contributed by atoms with E-state index >= 15 is 0 Å². The van der Waals surface area contributed by atoms with Crippen LogP contribution in [-0.4, -0.2) is 17.5 Å². The molecule has 1 aromatic heterocycles. The molecule has 0 saturated carbocycles. The van der Waals surface area contributed by atoms with E-state index in [-0.39, 0.29) is 15.6 Å². The lowest BCUT2D eigenvalue weighted by atomic mass is 10.2. The second-order valence-corrected chi connectivity index (χ2v) is 6.56. The minimum absolute atomic E-state index is 0.160. The van der Waals surface area contributed by atoms with Gasteiger partial charge in [0.05, 0.1) is 21.7 Å². The van der Waals surface area contributed by atoms with Gasteiger partial charge in [-0.3, -0.25) is 0 Å². The molecule has 2 rings (SSSR count). The Labute approximate surface area is 117 Å². The summed E-state index contributed by atoms with van der Waals surface area (Å²) < 4.78 is 26.0. The van der Waals surface area contributed by atoms with Crippen LogP contribution < -0.4 is 0 Å². The average molecular weight is 300 g/mol. The fourth-order valence-electron chi connectivity index (χ4n) is 1.82. The van der Waals surface area contributed by atoms with Crippen molar-refractivity contribution in [3.8, 4) is 0 Å². The molecule has 1 heterocycles. The van der Waals surface area contributed by atoms with Gasteiger partial charge in [0.1, 0.15) is 0 Å². The summed E-state index contributed by atoms with van der Waals surface area (Å²) in [6.45, 7) is 3.35. The molecule has 0 bridgehead atoms. The van der Waals surface area contributed by atoms with Crippen LogP contribution in [0.5, 0.6) is 0 Å². The minimum atomic E-state index is -3.74. The molecule has 0 saturated heterocycles. The van der Waals surface area contributed by atoms with Crippen molar-refractivity contribution in [3.63, 3.8) is 0 Å². The number of nitrogens with zero attached hydrogens (tertiary/aromatic N) is 1. The molecule has 0 aliphatic carbocycles. The fourth-order valence-corrected chi connectivity index (χ4v) is 3.61. The highest BCUT2D eigenvalue weighted by atomic mass is 35.5. The van der Waals surface area contributed by atoms with Crippen molar-refractivity contribution in [3.05, 3.63) is 52.8 Å². The maximum absolute atomic E-state index is 12.5. The van der Waals surface area contributed by atoms with Gasteiger partial charge < -0.3 is 5.11 Å². The minimum Gasteiger partial charge on any atom is -0.387 e. The third kappa shape index (κ3) is 2.54. The number of aryl methyl sites for hydroxylation is 1. The third-order valence-corrected chi connectivity index (χ3v) is 4.84. The van der Waals surface area contributed by atoms with Crippen LogP contribution in [0.1, 0.15) is 24.3 Å². The number of rotatable bonds is 3. The second kappa shape index (κ2) is 5.00. The van der Waals surface area contributed by atoms with E-state index in [1.165, 1.54) is 31.3 Å². The van der Waals surface area contributed by atoms with Gasteiger partial charge in [0, 0.05) is 6.20 Å². The second-order valence-electron chi connectivity index (χ2n) is 4.34. The van der Waals surface area contributed by atoms with Crippen LogP contribution in [0, 0.1) is 6.92 Å². The average Bonchev–Trinajstić information content (AvgIpc) is 2.72. The van der Waals surface area contributed by atoms with E-state index in [1.807, 2.05) is 6.92 Å². The molecule has 0 spiro atoms. The number of aliphatic hydroxyl groups is 1. The van der Waals surface area contributed by atoms with Crippen LogP contribution in [-0.2, 0) is 10.0 Å². The molecule has 1 N–H and O–H groups in total. The highest BCUT2D eigenvalue weighted by molar-refractivity contribution is 7.90. The monoisotopic (exact) mass is 299 g/mol. The number of aromatic nitrogens is 1. The molecule has 1 aromatic carbocycles. The SMILES string of the molecule is Cc1ccc(S(=O)(=O)n2ccc(Cl)c2C(C)O)cc1. The predicted molar refractivity (Wildman–Crippen MR) is 73.8 cm³/mol. The number of benzene rings is 1. The molecule has 1 unspecified atom stereocenters. The van der Waals surface area contributed by atoms with Gasteiger partial charge in [0.15, 0.2) is 0 Å². The van der Waals surface area contributed by atoms with Gasteiger partial charge in [0.2, 0.25) is 0 Å². The molecule has 1 atom stereocenters. The molecular weight excluding hydrogens is 286 g/mol. The Bertz CT molecular complexity index is 687. The lowest BCUT2D eigenvalue weighted by molar-refractivity contribution is 0.193. The first-order valence-corrected chi connectivity index (χ1v) is 7.53.